The normalized spacial score (nSPS) is 11.5. The lowest BCUT2D eigenvalue weighted by molar-refractivity contribution is 0.102. The largest absolute Gasteiger partial charge is 0.322 e. The number of aryl methyl sites for hydroxylation is 1. The first-order chi connectivity index (χ1) is 14.8. The molecular formula is C24H26N6O. The van der Waals surface area contributed by atoms with Crippen molar-refractivity contribution in [1.29, 1.82) is 0 Å². The summed E-state index contributed by atoms with van der Waals surface area (Å²) in [4.78, 5) is 26.7. The van der Waals surface area contributed by atoms with Crippen LogP contribution in [-0.4, -0.2) is 30.6 Å². The van der Waals surface area contributed by atoms with E-state index in [9.17, 15) is 4.79 Å². The highest BCUT2D eigenvalue weighted by Gasteiger charge is 2.19. The van der Waals surface area contributed by atoms with Crippen molar-refractivity contribution in [3.63, 3.8) is 0 Å². The van der Waals surface area contributed by atoms with E-state index in [1.54, 1.807) is 12.4 Å². The number of rotatable bonds is 5. The second-order valence-electron chi connectivity index (χ2n) is 8.19. The predicted octanol–water partition coefficient (Wildman–Crippen LogP) is 5.15. The Kier molecular flexibility index (Phi) is 5.50. The molecule has 0 aliphatic rings. The van der Waals surface area contributed by atoms with Gasteiger partial charge in [0.2, 0.25) is 0 Å². The molecule has 0 saturated carbocycles. The van der Waals surface area contributed by atoms with Gasteiger partial charge in [0.05, 0.1) is 22.8 Å². The minimum atomic E-state index is -0.186. The van der Waals surface area contributed by atoms with E-state index in [0.717, 1.165) is 28.0 Å². The molecule has 0 fully saturated rings. The molecule has 0 bridgehead atoms. The summed E-state index contributed by atoms with van der Waals surface area (Å²) in [6.45, 7) is 10.1. The highest BCUT2D eigenvalue weighted by atomic mass is 16.1. The van der Waals surface area contributed by atoms with Crippen LogP contribution in [0.2, 0.25) is 0 Å². The van der Waals surface area contributed by atoms with Crippen molar-refractivity contribution in [3.8, 4) is 11.3 Å². The fourth-order valence-corrected chi connectivity index (χ4v) is 3.47. The second kappa shape index (κ2) is 8.26. The lowest BCUT2D eigenvalue weighted by Gasteiger charge is -2.13. The molecule has 0 radical (unpaired) electrons. The fraction of sp³-hybridized carbons (Fsp3) is 0.292. The van der Waals surface area contributed by atoms with Crippen LogP contribution in [0, 0.1) is 6.92 Å². The van der Waals surface area contributed by atoms with Crippen LogP contribution >= 0.6 is 0 Å². The molecule has 0 atom stereocenters. The van der Waals surface area contributed by atoms with Gasteiger partial charge in [-0.3, -0.25) is 4.79 Å². The summed E-state index contributed by atoms with van der Waals surface area (Å²) in [7, 11) is 0. The minimum absolute atomic E-state index is 0.149. The molecule has 0 aliphatic heterocycles. The molecule has 0 saturated heterocycles. The second-order valence-corrected chi connectivity index (χ2v) is 8.19. The molecule has 1 N–H and O–H groups in total. The van der Waals surface area contributed by atoms with E-state index in [2.05, 4.69) is 48.1 Å². The summed E-state index contributed by atoms with van der Waals surface area (Å²) in [5, 5.41) is 8.25. The molecule has 3 aromatic heterocycles. The van der Waals surface area contributed by atoms with E-state index in [1.807, 2.05) is 48.0 Å². The summed E-state index contributed by atoms with van der Waals surface area (Å²) < 4.78 is 1.86. The molecule has 0 aliphatic carbocycles. The molecule has 158 valence electrons. The zero-order valence-electron chi connectivity index (χ0n) is 18.4. The number of pyridine rings is 1. The van der Waals surface area contributed by atoms with Gasteiger partial charge in [-0.1, -0.05) is 26.0 Å². The van der Waals surface area contributed by atoms with Gasteiger partial charge in [0, 0.05) is 29.2 Å². The number of carbonyl (C=O) groups excluding carboxylic acids is 1. The van der Waals surface area contributed by atoms with E-state index < -0.39 is 0 Å². The van der Waals surface area contributed by atoms with Crippen LogP contribution in [-0.2, 0) is 0 Å². The number of carbonyl (C=O) groups is 1. The van der Waals surface area contributed by atoms with E-state index in [-0.39, 0.29) is 17.9 Å². The standard InChI is InChI=1S/C24H26N6O/c1-14(2)22-12-19(20-13-26-30(15(3)4)23(20)29-22)24(31)28-18-8-6-7-17(11-18)21-9-10-25-16(5)27-21/h6-15H,1-5H3,(H,28,31). The average molecular weight is 415 g/mol. The van der Waals surface area contributed by atoms with Crippen LogP contribution in [0.25, 0.3) is 22.3 Å². The van der Waals surface area contributed by atoms with Gasteiger partial charge in [0.25, 0.3) is 5.91 Å². The molecule has 0 spiro atoms. The summed E-state index contributed by atoms with van der Waals surface area (Å²) in [6.07, 6.45) is 3.46. The summed E-state index contributed by atoms with van der Waals surface area (Å²) in [5.41, 5.74) is 4.60. The molecule has 1 amide bonds. The fourth-order valence-electron chi connectivity index (χ4n) is 3.47. The van der Waals surface area contributed by atoms with Gasteiger partial charge in [-0.2, -0.15) is 5.10 Å². The minimum Gasteiger partial charge on any atom is -0.322 e. The number of hydrogen-bond donors (Lipinski definition) is 1. The quantitative estimate of drug-likeness (QED) is 0.488. The SMILES string of the molecule is Cc1nccc(-c2cccc(NC(=O)c3cc(C(C)C)nc4c3cnn4C(C)C)c2)n1. The van der Waals surface area contributed by atoms with Gasteiger partial charge >= 0.3 is 0 Å². The van der Waals surface area contributed by atoms with Gasteiger partial charge in [-0.25, -0.2) is 19.6 Å². The van der Waals surface area contributed by atoms with Crippen molar-refractivity contribution in [3.05, 3.63) is 65.9 Å². The maximum Gasteiger partial charge on any atom is 0.256 e. The lowest BCUT2D eigenvalue weighted by Crippen LogP contribution is -2.14. The van der Waals surface area contributed by atoms with E-state index >= 15 is 0 Å². The van der Waals surface area contributed by atoms with E-state index in [0.29, 0.717) is 17.1 Å². The molecule has 3 heterocycles. The summed E-state index contributed by atoms with van der Waals surface area (Å²) >= 11 is 0. The van der Waals surface area contributed by atoms with Gasteiger partial charge in [0.1, 0.15) is 5.82 Å². The third kappa shape index (κ3) is 4.17. The van der Waals surface area contributed by atoms with Crippen LogP contribution < -0.4 is 5.32 Å². The van der Waals surface area contributed by atoms with Gasteiger partial charge in [0.15, 0.2) is 5.65 Å². The number of aromatic nitrogens is 5. The topological polar surface area (TPSA) is 85.6 Å². The van der Waals surface area contributed by atoms with Crippen LogP contribution in [0.5, 0.6) is 0 Å². The molecule has 7 nitrogen and oxygen atoms in total. The summed E-state index contributed by atoms with van der Waals surface area (Å²) in [5.74, 6) is 0.707. The Morgan fingerprint density at radius 1 is 1.06 bits per heavy atom. The molecule has 4 aromatic rings. The molecule has 0 unspecified atom stereocenters. The van der Waals surface area contributed by atoms with Crippen molar-refractivity contribution < 1.29 is 4.79 Å². The van der Waals surface area contributed by atoms with Gasteiger partial charge in [-0.15, -0.1) is 0 Å². The number of benzene rings is 1. The first-order valence-corrected chi connectivity index (χ1v) is 10.4. The Morgan fingerprint density at radius 2 is 1.87 bits per heavy atom. The number of nitrogens with one attached hydrogen (secondary N) is 1. The molecule has 4 rings (SSSR count). The first kappa shape index (κ1) is 20.7. The monoisotopic (exact) mass is 414 g/mol. The van der Waals surface area contributed by atoms with Gasteiger partial charge in [-0.05, 0) is 51.0 Å². The Bertz CT molecular complexity index is 1260. The smallest absolute Gasteiger partial charge is 0.256 e. The molecule has 7 heteroatoms. The third-order valence-electron chi connectivity index (χ3n) is 5.10. The maximum atomic E-state index is 13.3. The zero-order chi connectivity index (χ0) is 22.1. The van der Waals surface area contributed by atoms with Crippen molar-refractivity contribution in [2.24, 2.45) is 0 Å². The van der Waals surface area contributed by atoms with Crippen molar-refractivity contribution >= 4 is 22.6 Å². The predicted molar refractivity (Wildman–Crippen MR) is 122 cm³/mol. The van der Waals surface area contributed by atoms with Crippen LogP contribution in [0.4, 0.5) is 5.69 Å². The molecule has 1 aromatic carbocycles. The summed E-state index contributed by atoms with van der Waals surface area (Å²) in [6, 6.07) is 11.5. The van der Waals surface area contributed by atoms with Crippen LogP contribution in [0.15, 0.2) is 48.8 Å². The molecular weight excluding hydrogens is 388 g/mol. The van der Waals surface area contributed by atoms with Crippen LogP contribution in [0.1, 0.15) is 61.5 Å². The number of anilines is 1. The maximum absolute atomic E-state index is 13.3. The third-order valence-corrected chi connectivity index (χ3v) is 5.10. The zero-order valence-corrected chi connectivity index (χ0v) is 18.4. The van der Waals surface area contributed by atoms with Crippen LogP contribution in [0.3, 0.4) is 0 Å². The van der Waals surface area contributed by atoms with E-state index in [4.69, 9.17) is 4.98 Å². The highest BCUT2D eigenvalue weighted by molar-refractivity contribution is 6.12. The Balaban J connectivity index is 1.71. The Hall–Kier alpha value is -3.61. The number of fused-ring (bicyclic) bond motifs is 1. The van der Waals surface area contributed by atoms with Crippen molar-refractivity contribution in [2.75, 3.05) is 5.32 Å². The average Bonchev–Trinajstić information content (AvgIpc) is 3.17. The van der Waals surface area contributed by atoms with E-state index in [1.165, 1.54) is 0 Å². The Morgan fingerprint density at radius 3 is 2.58 bits per heavy atom. The lowest BCUT2D eigenvalue weighted by atomic mass is 10.0. The number of hydrogen-bond acceptors (Lipinski definition) is 5. The first-order valence-electron chi connectivity index (χ1n) is 10.4. The van der Waals surface area contributed by atoms with Crippen molar-refractivity contribution in [1.82, 2.24) is 24.7 Å². The number of nitrogens with zero attached hydrogens (tertiary/aromatic N) is 5. The Labute approximate surface area is 181 Å². The molecule has 31 heavy (non-hydrogen) atoms. The number of amides is 1. The van der Waals surface area contributed by atoms with Crippen molar-refractivity contribution in [2.45, 2.75) is 46.6 Å². The highest BCUT2D eigenvalue weighted by Crippen LogP contribution is 2.26. The van der Waals surface area contributed by atoms with Gasteiger partial charge < -0.3 is 5.32 Å².